The first-order chi connectivity index (χ1) is 15.0. The zero-order valence-corrected chi connectivity index (χ0v) is 19.9. The molecule has 1 unspecified atom stereocenters. The van der Waals surface area contributed by atoms with Crippen molar-refractivity contribution in [3.63, 3.8) is 0 Å². The molecule has 2 rings (SSSR count). The number of ether oxygens (including phenoxy) is 2. The maximum atomic E-state index is 10.2. The summed E-state index contributed by atoms with van der Waals surface area (Å²) in [6.07, 6.45) is 5.34. The highest BCUT2D eigenvalue weighted by molar-refractivity contribution is 5.47. The van der Waals surface area contributed by atoms with E-state index in [9.17, 15) is 5.26 Å². The number of hydrogen-bond donors (Lipinski definition) is 0. The molecule has 0 aromatic heterocycles. The quantitative estimate of drug-likeness (QED) is 0.380. The van der Waals surface area contributed by atoms with Crippen LogP contribution in [-0.2, 0) is 11.8 Å². The van der Waals surface area contributed by atoms with Gasteiger partial charge in [-0.1, -0.05) is 50.2 Å². The number of aryl methyl sites for hydroxylation is 1. The van der Waals surface area contributed by atoms with E-state index in [4.69, 9.17) is 9.47 Å². The molecule has 0 spiro atoms. The Morgan fingerprint density at radius 1 is 0.935 bits per heavy atom. The largest absolute Gasteiger partial charge is 0.493 e. The van der Waals surface area contributed by atoms with Gasteiger partial charge in [0.25, 0.3) is 0 Å². The maximum Gasteiger partial charge on any atom is 0.161 e. The van der Waals surface area contributed by atoms with E-state index < -0.39 is 5.41 Å². The lowest BCUT2D eigenvalue weighted by Gasteiger charge is -2.32. The van der Waals surface area contributed by atoms with Crippen molar-refractivity contribution < 1.29 is 9.47 Å². The van der Waals surface area contributed by atoms with E-state index in [1.165, 1.54) is 18.4 Å². The van der Waals surface area contributed by atoms with Gasteiger partial charge >= 0.3 is 0 Å². The van der Waals surface area contributed by atoms with Crippen molar-refractivity contribution in [3.05, 3.63) is 59.7 Å². The molecular formula is C27H38N2O2. The smallest absolute Gasteiger partial charge is 0.161 e. The summed E-state index contributed by atoms with van der Waals surface area (Å²) in [4.78, 5) is 2.39. The molecule has 4 heteroatoms. The number of rotatable bonds is 13. The van der Waals surface area contributed by atoms with Crippen LogP contribution in [0.5, 0.6) is 11.5 Å². The van der Waals surface area contributed by atoms with Gasteiger partial charge in [-0.25, -0.2) is 0 Å². The first kappa shape index (κ1) is 24.8. The van der Waals surface area contributed by atoms with Gasteiger partial charge in [0.05, 0.1) is 25.7 Å². The third-order valence-electron chi connectivity index (χ3n) is 6.29. The summed E-state index contributed by atoms with van der Waals surface area (Å²) in [6, 6.07) is 19.2. The van der Waals surface area contributed by atoms with Crippen LogP contribution in [0.1, 0.15) is 50.7 Å². The van der Waals surface area contributed by atoms with Crippen LogP contribution >= 0.6 is 0 Å². The summed E-state index contributed by atoms with van der Waals surface area (Å²) in [5.41, 5.74) is 1.89. The minimum atomic E-state index is -0.534. The molecule has 0 saturated heterocycles. The van der Waals surface area contributed by atoms with Crippen LogP contribution in [-0.4, -0.2) is 39.3 Å². The predicted molar refractivity (Wildman–Crippen MR) is 128 cm³/mol. The average Bonchev–Trinajstić information content (AvgIpc) is 2.79. The van der Waals surface area contributed by atoms with Crippen LogP contribution in [0.25, 0.3) is 0 Å². The molecule has 1 atom stereocenters. The molecule has 0 bridgehead atoms. The maximum absolute atomic E-state index is 10.2. The molecule has 31 heavy (non-hydrogen) atoms. The lowest BCUT2D eigenvalue weighted by Crippen LogP contribution is -2.32. The molecule has 0 heterocycles. The lowest BCUT2D eigenvalue weighted by atomic mass is 9.69. The topological polar surface area (TPSA) is 45.5 Å². The average molecular weight is 423 g/mol. The van der Waals surface area contributed by atoms with Gasteiger partial charge in [0.1, 0.15) is 0 Å². The van der Waals surface area contributed by atoms with E-state index in [0.717, 1.165) is 37.9 Å². The van der Waals surface area contributed by atoms with Crippen LogP contribution in [0.15, 0.2) is 48.5 Å². The van der Waals surface area contributed by atoms with Gasteiger partial charge in [-0.05, 0) is 81.4 Å². The Kier molecular flexibility index (Phi) is 9.88. The Hall–Kier alpha value is -2.51. The number of methoxy groups -OCH3 is 2. The molecule has 0 radical (unpaired) electrons. The molecular weight excluding hydrogens is 384 g/mol. The van der Waals surface area contributed by atoms with Gasteiger partial charge < -0.3 is 14.4 Å². The molecule has 168 valence electrons. The highest BCUT2D eigenvalue weighted by Gasteiger charge is 2.36. The van der Waals surface area contributed by atoms with Crippen LogP contribution in [0.4, 0.5) is 0 Å². The zero-order valence-electron chi connectivity index (χ0n) is 19.9. The number of nitrogens with zero attached hydrogens (tertiary/aromatic N) is 2. The summed E-state index contributed by atoms with van der Waals surface area (Å²) in [7, 11) is 5.45. The van der Waals surface area contributed by atoms with E-state index in [1.807, 2.05) is 18.2 Å². The molecule has 0 fully saturated rings. The van der Waals surface area contributed by atoms with E-state index in [0.29, 0.717) is 11.5 Å². The summed E-state index contributed by atoms with van der Waals surface area (Å²) in [5.74, 6) is 1.57. The Labute approximate surface area is 188 Å². The van der Waals surface area contributed by atoms with Gasteiger partial charge in [0, 0.05) is 0 Å². The van der Waals surface area contributed by atoms with Gasteiger partial charge in [0.2, 0.25) is 0 Å². The lowest BCUT2D eigenvalue weighted by molar-refractivity contribution is 0.286. The van der Waals surface area contributed by atoms with Gasteiger partial charge in [-0.3, -0.25) is 0 Å². The van der Waals surface area contributed by atoms with Crippen molar-refractivity contribution in [2.75, 3.05) is 34.4 Å². The number of hydrogen-bond acceptors (Lipinski definition) is 4. The summed E-state index contributed by atoms with van der Waals surface area (Å²) < 4.78 is 10.9. The van der Waals surface area contributed by atoms with E-state index in [1.54, 1.807) is 14.2 Å². The molecule has 0 N–H and O–H groups in total. The molecule has 2 aromatic rings. The SMILES string of the molecule is COc1ccc(C(C#N)(CCCN(C)CCCCc2ccccc2)C(C)C)cc1OC. The van der Waals surface area contributed by atoms with Crippen LogP contribution in [0, 0.1) is 17.2 Å². The van der Waals surface area contributed by atoms with Crippen molar-refractivity contribution in [2.24, 2.45) is 5.92 Å². The second-order valence-corrected chi connectivity index (χ2v) is 8.66. The number of nitriles is 1. The first-order valence-corrected chi connectivity index (χ1v) is 11.3. The molecule has 0 aliphatic rings. The van der Waals surface area contributed by atoms with Gasteiger partial charge in [-0.2, -0.15) is 5.26 Å². The van der Waals surface area contributed by atoms with Crippen molar-refractivity contribution in [1.82, 2.24) is 4.90 Å². The zero-order chi connectivity index (χ0) is 22.7. The number of benzene rings is 2. The molecule has 2 aromatic carbocycles. The molecule has 0 aliphatic heterocycles. The Morgan fingerprint density at radius 2 is 1.61 bits per heavy atom. The standard InChI is InChI=1S/C27H38N2O2/c1-22(2)27(21-28,24-15-16-25(30-4)26(20-24)31-5)17-11-19-29(3)18-10-9-14-23-12-7-6-8-13-23/h6-8,12-13,15-16,20,22H,9-11,14,17-19H2,1-5H3. The van der Waals surface area contributed by atoms with Crippen LogP contribution < -0.4 is 9.47 Å². The third-order valence-corrected chi connectivity index (χ3v) is 6.29. The minimum Gasteiger partial charge on any atom is -0.493 e. The normalized spacial score (nSPS) is 13.1. The Bertz CT molecular complexity index is 829. The fraction of sp³-hybridized carbons (Fsp3) is 0.519. The second kappa shape index (κ2) is 12.4. The Balaban J connectivity index is 1.91. The Morgan fingerprint density at radius 3 is 2.23 bits per heavy atom. The first-order valence-electron chi connectivity index (χ1n) is 11.3. The fourth-order valence-corrected chi connectivity index (χ4v) is 4.22. The van der Waals surface area contributed by atoms with Gasteiger partial charge in [-0.15, -0.1) is 0 Å². The van der Waals surface area contributed by atoms with Crippen LogP contribution in [0.3, 0.4) is 0 Å². The molecule has 4 nitrogen and oxygen atoms in total. The molecule has 0 aliphatic carbocycles. The highest BCUT2D eigenvalue weighted by atomic mass is 16.5. The fourth-order valence-electron chi connectivity index (χ4n) is 4.22. The van der Waals surface area contributed by atoms with Crippen molar-refractivity contribution in [3.8, 4) is 17.6 Å². The second-order valence-electron chi connectivity index (χ2n) is 8.66. The highest BCUT2D eigenvalue weighted by Crippen LogP contribution is 2.40. The van der Waals surface area contributed by atoms with Crippen molar-refractivity contribution in [2.45, 2.75) is 51.4 Å². The summed E-state index contributed by atoms with van der Waals surface area (Å²) >= 11 is 0. The third kappa shape index (κ3) is 6.74. The monoisotopic (exact) mass is 422 g/mol. The van der Waals surface area contributed by atoms with Crippen LogP contribution in [0.2, 0.25) is 0 Å². The van der Waals surface area contributed by atoms with Crippen molar-refractivity contribution in [1.29, 1.82) is 5.26 Å². The predicted octanol–water partition coefficient (Wildman–Crippen LogP) is 5.86. The number of unbranched alkanes of at least 4 members (excludes halogenated alkanes) is 1. The summed E-state index contributed by atoms with van der Waals surface area (Å²) in [6.45, 7) is 6.35. The van der Waals surface area contributed by atoms with E-state index >= 15 is 0 Å². The van der Waals surface area contributed by atoms with E-state index in [-0.39, 0.29) is 5.92 Å². The van der Waals surface area contributed by atoms with Gasteiger partial charge in [0.15, 0.2) is 11.5 Å². The summed E-state index contributed by atoms with van der Waals surface area (Å²) in [5, 5.41) is 10.2. The molecule has 0 saturated carbocycles. The molecule has 0 amide bonds. The van der Waals surface area contributed by atoms with E-state index in [2.05, 4.69) is 62.2 Å². The minimum absolute atomic E-state index is 0.201. The van der Waals surface area contributed by atoms with Crippen molar-refractivity contribution >= 4 is 0 Å².